The van der Waals surface area contributed by atoms with E-state index >= 15 is 0 Å². The van der Waals surface area contributed by atoms with Crippen LogP contribution in [0.4, 0.5) is 0 Å². The second-order valence-electron chi connectivity index (χ2n) is 16.1. The fourth-order valence-corrected chi connectivity index (χ4v) is 9.78. The van der Waals surface area contributed by atoms with Gasteiger partial charge in [0.2, 0.25) is 0 Å². The van der Waals surface area contributed by atoms with Crippen LogP contribution in [0, 0.1) is 0 Å². The summed E-state index contributed by atoms with van der Waals surface area (Å²) in [7, 11) is 0. The van der Waals surface area contributed by atoms with Crippen molar-refractivity contribution in [1.29, 1.82) is 0 Å². The van der Waals surface area contributed by atoms with Gasteiger partial charge in [0.15, 0.2) is 5.82 Å². The minimum absolute atomic E-state index is 0.572. The maximum Gasteiger partial charge on any atom is 0.160 e. The van der Waals surface area contributed by atoms with Crippen molar-refractivity contribution in [2.75, 3.05) is 0 Å². The molecule has 290 valence electrons. The molecule has 1 aliphatic rings. The van der Waals surface area contributed by atoms with Crippen LogP contribution in [-0.4, -0.2) is 9.97 Å². The molecule has 2 heterocycles. The van der Waals surface area contributed by atoms with Gasteiger partial charge >= 0.3 is 0 Å². The fourth-order valence-electron chi connectivity index (χ4n) is 9.78. The van der Waals surface area contributed by atoms with E-state index in [1.54, 1.807) is 0 Å². The standard InChI is InChI=1S/C59H38N2O/c1-4-16-41(17-5-1)58-60-53(40-32-30-39(31-33-40)42-18-14-19-43(36-42)44-34-35-56-51(37-44)48-25-11-13-29-55(48)62-56)38-54(61-58)50-27-15-26-49-47-24-10-12-28-52(47)59(57(49)50,45-20-6-2-7-21-45)46-22-8-3-9-23-46/h1-38H. The molecule has 0 saturated heterocycles. The molecule has 0 fully saturated rings. The number of hydrogen-bond acceptors (Lipinski definition) is 3. The van der Waals surface area contributed by atoms with Crippen molar-refractivity contribution in [2.24, 2.45) is 0 Å². The molecule has 0 radical (unpaired) electrons. The summed E-state index contributed by atoms with van der Waals surface area (Å²) in [6, 6.07) is 82.3. The number of furan rings is 1. The number of rotatable bonds is 7. The third-order valence-corrected chi connectivity index (χ3v) is 12.6. The summed E-state index contributed by atoms with van der Waals surface area (Å²) in [6.45, 7) is 0. The molecule has 0 aliphatic heterocycles. The molecule has 62 heavy (non-hydrogen) atoms. The highest BCUT2D eigenvalue weighted by Crippen LogP contribution is 2.58. The van der Waals surface area contributed by atoms with Crippen LogP contribution in [0.3, 0.4) is 0 Å². The molecule has 3 nitrogen and oxygen atoms in total. The molecule has 0 spiro atoms. The summed E-state index contributed by atoms with van der Waals surface area (Å²) in [6.07, 6.45) is 0. The van der Waals surface area contributed by atoms with Gasteiger partial charge in [-0.15, -0.1) is 0 Å². The van der Waals surface area contributed by atoms with E-state index in [-0.39, 0.29) is 0 Å². The largest absolute Gasteiger partial charge is 0.456 e. The van der Waals surface area contributed by atoms with Crippen molar-refractivity contribution in [3.05, 3.63) is 253 Å². The molecule has 3 heteroatoms. The van der Waals surface area contributed by atoms with Gasteiger partial charge in [0, 0.05) is 27.5 Å². The molecule has 0 amide bonds. The Labute approximate surface area is 360 Å². The number of benzene rings is 9. The highest BCUT2D eigenvalue weighted by atomic mass is 16.3. The van der Waals surface area contributed by atoms with Crippen LogP contribution in [0.5, 0.6) is 0 Å². The van der Waals surface area contributed by atoms with Gasteiger partial charge < -0.3 is 4.42 Å². The maximum atomic E-state index is 6.12. The first-order valence-corrected chi connectivity index (χ1v) is 21.1. The zero-order chi connectivity index (χ0) is 41.0. The van der Waals surface area contributed by atoms with Crippen molar-refractivity contribution in [2.45, 2.75) is 5.41 Å². The topological polar surface area (TPSA) is 38.9 Å². The SMILES string of the molecule is c1ccc(-c2nc(-c3ccc(-c4cccc(-c5ccc6oc7ccccc7c6c5)c4)cc3)cc(-c3cccc4c3C(c3ccccc3)(c3ccccc3)c3ccccc3-4)n2)cc1. The molecule has 2 aromatic heterocycles. The van der Waals surface area contributed by atoms with Crippen LogP contribution in [0.15, 0.2) is 235 Å². The van der Waals surface area contributed by atoms with Gasteiger partial charge in [0.25, 0.3) is 0 Å². The van der Waals surface area contributed by atoms with Crippen LogP contribution in [0.2, 0.25) is 0 Å². The van der Waals surface area contributed by atoms with E-state index in [0.717, 1.165) is 72.3 Å². The molecular weight excluding hydrogens is 753 g/mol. The van der Waals surface area contributed by atoms with E-state index in [1.807, 2.05) is 18.2 Å². The van der Waals surface area contributed by atoms with Crippen LogP contribution in [0.25, 0.3) is 89.2 Å². The molecular formula is C59H38N2O. The zero-order valence-corrected chi connectivity index (χ0v) is 33.7. The molecule has 1 aliphatic carbocycles. The van der Waals surface area contributed by atoms with Crippen molar-refractivity contribution >= 4 is 21.9 Å². The summed E-state index contributed by atoms with van der Waals surface area (Å²) < 4.78 is 6.12. The van der Waals surface area contributed by atoms with E-state index in [0.29, 0.717) is 5.82 Å². The maximum absolute atomic E-state index is 6.12. The Morgan fingerprint density at radius 2 is 0.855 bits per heavy atom. The second kappa shape index (κ2) is 14.5. The van der Waals surface area contributed by atoms with Gasteiger partial charge in [0.1, 0.15) is 11.2 Å². The quantitative estimate of drug-likeness (QED) is 0.161. The Bertz CT molecular complexity index is 3400. The smallest absolute Gasteiger partial charge is 0.160 e. The first-order chi connectivity index (χ1) is 30.7. The molecule has 0 unspecified atom stereocenters. The van der Waals surface area contributed by atoms with E-state index in [4.69, 9.17) is 14.4 Å². The average molecular weight is 791 g/mol. The summed E-state index contributed by atoms with van der Waals surface area (Å²) in [5.41, 5.74) is 18.1. The lowest BCUT2D eigenvalue weighted by atomic mass is 9.66. The van der Waals surface area contributed by atoms with E-state index in [9.17, 15) is 0 Å². The van der Waals surface area contributed by atoms with E-state index in [1.165, 1.54) is 33.4 Å². The average Bonchev–Trinajstić information content (AvgIpc) is 3.88. The van der Waals surface area contributed by atoms with Crippen LogP contribution >= 0.6 is 0 Å². The third kappa shape index (κ3) is 5.74. The summed E-state index contributed by atoms with van der Waals surface area (Å²) in [5, 5.41) is 2.26. The molecule has 11 aromatic rings. The van der Waals surface area contributed by atoms with Crippen LogP contribution in [-0.2, 0) is 5.41 Å². The van der Waals surface area contributed by atoms with Gasteiger partial charge in [-0.1, -0.05) is 200 Å². The number of hydrogen-bond donors (Lipinski definition) is 0. The Morgan fingerprint density at radius 1 is 0.323 bits per heavy atom. The van der Waals surface area contributed by atoms with Gasteiger partial charge in [-0.25, -0.2) is 9.97 Å². The molecule has 0 N–H and O–H groups in total. The number of para-hydroxylation sites is 1. The van der Waals surface area contributed by atoms with Crippen LogP contribution in [0.1, 0.15) is 22.3 Å². The van der Waals surface area contributed by atoms with Crippen molar-refractivity contribution in [1.82, 2.24) is 9.97 Å². The zero-order valence-electron chi connectivity index (χ0n) is 33.7. The molecule has 12 rings (SSSR count). The predicted octanol–water partition coefficient (Wildman–Crippen LogP) is 15.1. The predicted molar refractivity (Wildman–Crippen MR) is 254 cm³/mol. The van der Waals surface area contributed by atoms with Gasteiger partial charge in [0.05, 0.1) is 16.8 Å². The number of fused-ring (bicyclic) bond motifs is 6. The molecule has 0 bridgehead atoms. The van der Waals surface area contributed by atoms with E-state index < -0.39 is 5.41 Å². The van der Waals surface area contributed by atoms with Gasteiger partial charge in [-0.05, 0) is 86.0 Å². The second-order valence-corrected chi connectivity index (χ2v) is 16.1. The minimum Gasteiger partial charge on any atom is -0.456 e. The van der Waals surface area contributed by atoms with Crippen molar-refractivity contribution in [3.8, 4) is 67.3 Å². The highest BCUT2D eigenvalue weighted by molar-refractivity contribution is 6.06. The Hall–Kier alpha value is -8.14. The van der Waals surface area contributed by atoms with Gasteiger partial charge in [-0.2, -0.15) is 0 Å². The van der Waals surface area contributed by atoms with E-state index in [2.05, 4.69) is 212 Å². The number of nitrogens with zero attached hydrogens (tertiary/aromatic N) is 2. The molecule has 9 aromatic carbocycles. The summed E-state index contributed by atoms with van der Waals surface area (Å²) >= 11 is 0. The number of aromatic nitrogens is 2. The third-order valence-electron chi connectivity index (χ3n) is 12.6. The van der Waals surface area contributed by atoms with Crippen molar-refractivity contribution < 1.29 is 4.42 Å². The lowest BCUT2D eigenvalue weighted by Crippen LogP contribution is -2.29. The summed E-state index contributed by atoms with van der Waals surface area (Å²) in [5.74, 6) is 0.690. The Balaban J connectivity index is 0.993. The lowest BCUT2D eigenvalue weighted by Gasteiger charge is -2.35. The molecule has 0 saturated carbocycles. The Kier molecular flexibility index (Phi) is 8.39. The van der Waals surface area contributed by atoms with Crippen molar-refractivity contribution in [3.63, 3.8) is 0 Å². The highest BCUT2D eigenvalue weighted by Gasteiger charge is 2.47. The first-order valence-electron chi connectivity index (χ1n) is 21.1. The monoisotopic (exact) mass is 790 g/mol. The van der Waals surface area contributed by atoms with Crippen LogP contribution < -0.4 is 0 Å². The normalized spacial score (nSPS) is 12.6. The fraction of sp³-hybridized carbons (Fsp3) is 0.0169. The summed E-state index contributed by atoms with van der Waals surface area (Å²) in [4.78, 5) is 10.7. The Morgan fingerprint density at radius 3 is 1.63 bits per heavy atom. The lowest BCUT2D eigenvalue weighted by molar-refractivity contribution is 0.669. The molecule has 0 atom stereocenters. The van der Waals surface area contributed by atoms with Gasteiger partial charge in [-0.3, -0.25) is 0 Å². The minimum atomic E-state index is -0.572. The first kappa shape index (κ1) is 35.8.